The summed E-state index contributed by atoms with van der Waals surface area (Å²) in [5, 5.41) is 22.8. The average molecular weight is 427 g/mol. The Hall–Kier alpha value is -1.55. The number of rotatable bonds is 9. The number of aliphatic hydroxyl groups excluding tert-OH is 1. The molecule has 0 bridgehead atoms. The van der Waals surface area contributed by atoms with E-state index in [1.54, 1.807) is 19.1 Å². The van der Waals surface area contributed by atoms with Crippen LogP contribution in [0.15, 0.2) is 30.3 Å². The van der Waals surface area contributed by atoms with Gasteiger partial charge in [0.1, 0.15) is 24.4 Å². The van der Waals surface area contributed by atoms with Crippen LogP contribution in [0, 0.1) is 26.6 Å². The van der Waals surface area contributed by atoms with E-state index in [1.807, 2.05) is 26.0 Å². The molecule has 0 aliphatic carbocycles. The molecule has 2 rings (SSSR count). The molecule has 0 aliphatic heterocycles. The van der Waals surface area contributed by atoms with Gasteiger partial charge in [-0.3, -0.25) is 5.32 Å². The van der Waals surface area contributed by atoms with Crippen LogP contribution in [0.4, 0.5) is 4.39 Å². The van der Waals surface area contributed by atoms with Crippen LogP contribution in [-0.4, -0.2) is 29.7 Å². The first kappa shape index (κ1) is 26.5. The molecule has 0 saturated carbocycles. The van der Waals surface area contributed by atoms with E-state index in [-0.39, 0.29) is 31.4 Å². The molecule has 0 radical (unpaired) electrons. The van der Waals surface area contributed by atoms with Crippen LogP contribution in [0.25, 0.3) is 11.1 Å². The number of carboxylic acid groups (broad SMARTS) is 1. The second-order valence-corrected chi connectivity index (χ2v) is 7.98. The largest absolute Gasteiger partial charge is 1.00 e. The van der Waals surface area contributed by atoms with Crippen molar-refractivity contribution >= 4 is 19.8 Å². The van der Waals surface area contributed by atoms with E-state index in [9.17, 15) is 24.3 Å². The molecule has 0 aromatic heterocycles. The molecule has 0 fully saturated rings. The van der Waals surface area contributed by atoms with Gasteiger partial charge in [-0.15, -0.1) is 0 Å². The molecular weight excluding hydrogens is 403 g/mol. The van der Waals surface area contributed by atoms with Crippen molar-refractivity contribution in [3.05, 3.63) is 58.4 Å². The molecule has 2 atom stereocenters. The van der Waals surface area contributed by atoms with Gasteiger partial charge in [0.15, 0.2) is 0 Å². The monoisotopic (exact) mass is 427 g/mol. The van der Waals surface area contributed by atoms with Crippen LogP contribution >= 0.6 is 8.00 Å². The van der Waals surface area contributed by atoms with Crippen LogP contribution < -0.4 is 34.2 Å². The van der Waals surface area contributed by atoms with Crippen LogP contribution in [0.5, 0.6) is 0 Å². The Morgan fingerprint density at radius 3 is 2.60 bits per heavy atom. The number of benzene rings is 2. The number of carbonyl (C=O) groups is 1. The molecule has 2 aromatic rings. The molecule has 0 aliphatic rings. The number of halogens is 1. The van der Waals surface area contributed by atoms with Gasteiger partial charge in [-0.05, 0) is 60.7 Å². The Morgan fingerprint density at radius 1 is 1.27 bits per heavy atom. The maximum atomic E-state index is 13.6. The topological polar surface area (TPSA) is 105 Å². The Kier molecular flexibility index (Phi) is 10.9. The van der Waals surface area contributed by atoms with E-state index in [0.717, 1.165) is 33.6 Å². The maximum absolute atomic E-state index is 13.6. The number of aryl methyl sites for hydroxylation is 3. The number of carboxylic acids is 1. The second kappa shape index (κ2) is 12.3. The van der Waals surface area contributed by atoms with Crippen molar-refractivity contribution in [3.63, 3.8) is 0 Å². The summed E-state index contributed by atoms with van der Waals surface area (Å²) in [5.74, 6) is -0.766. The van der Waals surface area contributed by atoms with E-state index in [2.05, 4.69) is 5.32 Å². The van der Waals surface area contributed by atoms with E-state index < -0.39 is 26.5 Å². The molecule has 6 nitrogen and oxygen atoms in total. The van der Waals surface area contributed by atoms with Crippen molar-refractivity contribution in [2.24, 2.45) is 0 Å². The summed E-state index contributed by atoms with van der Waals surface area (Å²) in [7, 11) is -2.32. The first-order chi connectivity index (χ1) is 13.7. The minimum atomic E-state index is -2.32. The average Bonchev–Trinajstić information content (AvgIpc) is 2.61. The molecule has 0 spiro atoms. The van der Waals surface area contributed by atoms with Crippen molar-refractivity contribution in [2.45, 2.75) is 39.8 Å². The van der Waals surface area contributed by atoms with Crippen LogP contribution in [-0.2, 0) is 15.9 Å². The van der Waals surface area contributed by atoms with Gasteiger partial charge in [0.25, 0.3) is 0 Å². The number of hydrogen-bond donors (Lipinski definition) is 2. The minimum Gasteiger partial charge on any atom is -0.603 e. The van der Waals surface area contributed by atoms with Crippen molar-refractivity contribution in [2.75, 3.05) is 6.73 Å². The Morgan fingerprint density at radius 2 is 1.97 bits per heavy atom. The van der Waals surface area contributed by atoms with Gasteiger partial charge < -0.3 is 19.9 Å². The zero-order valence-corrected chi connectivity index (χ0v) is 18.5. The van der Waals surface area contributed by atoms with Crippen molar-refractivity contribution in [3.8, 4) is 11.1 Å². The molecular formula is C21H24FLiNO5P. The molecule has 0 saturated heterocycles. The van der Waals surface area contributed by atoms with Gasteiger partial charge in [0.2, 0.25) is 8.00 Å². The summed E-state index contributed by atoms with van der Waals surface area (Å²) in [6, 6.07) is 9.06. The van der Waals surface area contributed by atoms with Crippen molar-refractivity contribution in [1.82, 2.24) is 5.32 Å². The van der Waals surface area contributed by atoms with Crippen LogP contribution in [0.1, 0.15) is 28.7 Å². The second-order valence-electron chi connectivity index (χ2n) is 6.85. The van der Waals surface area contributed by atoms with Gasteiger partial charge in [-0.25, -0.2) is 4.39 Å². The summed E-state index contributed by atoms with van der Waals surface area (Å²) < 4.78 is 18.7. The number of aliphatic hydroxyl groups is 1. The third kappa shape index (κ3) is 7.94. The molecule has 156 valence electrons. The van der Waals surface area contributed by atoms with Crippen molar-refractivity contribution < 1.29 is 47.7 Å². The quantitative estimate of drug-likeness (QED) is 0.218. The number of nitrogens with one attached hydrogen (secondary N) is 1. The van der Waals surface area contributed by atoms with Gasteiger partial charge in [0, 0.05) is 18.9 Å². The Labute approximate surface area is 188 Å². The summed E-state index contributed by atoms with van der Waals surface area (Å²) >= 11 is 0. The third-order valence-electron chi connectivity index (χ3n) is 4.35. The first-order valence-corrected chi connectivity index (χ1v) is 10.3. The number of carbonyl (C=O) groups excluding carboxylic acids is 1. The summed E-state index contributed by atoms with van der Waals surface area (Å²) in [4.78, 5) is 22.1. The zero-order valence-electron chi connectivity index (χ0n) is 17.6. The van der Waals surface area contributed by atoms with Gasteiger partial charge >= 0.3 is 18.9 Å². The Bertz CT molecular complexity index is 923. The predicted molar refractivity (Wildman–Crippen MR) is 107 cm³/mol. The number of aliphatic carboxylic acids is 1. The van der Waals surface area contributed by atoms with Gasteiger partial charge in [-0.2, -0.15) is 4.52 Å². The smallest absolute Gasteiger partial charge is 0.603 e. The first-order valence-electron chi connectivity index (χ1n) is 9.07. The van der Waals surface area contributed by atoms with Gasteiger partial charge in [-0.1, -0.05) is 23.8 Å². The van der Waals surface area contributed by atoms with E-state index in [1.165, 1.54) is 6.07 Å². The summed E-state index contributed by atoms with van der Waals surface area (Å²) in [6.07, 6.45) is -2.03. The summed E-state index contributed by atoms with van der Waals surface area (Å²) in [5.41, 5.74) is 5.57. The standard InChI is InChI=1S/C21H25FNO5P.Li/c1-13-6-14(2)19(18(7-13)16-4-5-20(22)15(3)8-16)10-23-12-28-29(27)11-17(24)9-21(25)26;/h4-8,11,17,23-24H,9-10,12H2,1-3H3,(H,25,26);/q;+1/p-1/t17-;/m0./s1. The molecule has 2 N–H and O–H groups in total. The van der Waals surface area contributed by atoms with Crippen LogP contribution in [0.3, 0.4) is 0 Å². The predicted octanol–water partition coefficient (Wildman–Crippen LogP) is -1.54. The van der Waals surface area contributed by atoms with E-state index in [0.29, 0.717) is 12.1 Å². The van der Waals surface area contributed by atoms with Crippen molar-refractivity contribution in [1.29, 1.82) is 0 Å². The molecule has 9 heteroatoms. The molecule has 0 heterocycles. The number of hydrogen-bond acceptors (Lipinski definition) is 6. The molecule has 30 heavy (non-hydrogen) atoms. The fourth-order valence-electron chi connectivity index (χ4n) is 2.99. The maximum Gasteiger partial charge on any atom is 1.00 e. The minimum absolute atomic E-state index is 0. The zero-order chi connectivity index (χ0) is 21.6. The Balaban J connectivity index is 0.00000450. The fraction of sp³-hybridized carbons (Fsp3) is 0.333. The molecule has 2 aromatic carbocycles. The van der Waals surface area contributed by atoms with E-state index in [4.69, 9.17) is 4.52 Å². The fourth-order valence-corrected chi connectivity index (χ4v) is 3.69. The van der Waals surface area contributed by atoms with Crippen LogP contribution in [0.2, 0.25) is 0 Å². The normalized spacial score (nSPS) is 12.4. The molecule has 0 amide bonds. The van der Waals surface area contributed by atoms with E-state index >= 15 is 0 Å². The third-order valence-corrected chi connectivity index (χ3v) is 5.32. The SMILES string of the molecule is Cc1cc(C)c(CNCO[P+]([O-])=C[C@@H](O)CC(=O)[O-])c(-c2ccc(F)c(C)c2)c1.[Li+]. The van der Waals surface area contributed by atoms with Gasteiger partial charge in [0.05, 0.1) is 0 Å². The molecule has 1 unspecified atom stereocenters. The summed E-state index contributed by atoms with van der Waals surface area (Å²) in [6.45, 7) is 6.05.